The lowest BCUT2D eigenvalue weighted by Crippen LogP contribution is -2.57. The average molecular weight is 416 g/mol. The van der Waals surface area contributed by atoms with E-state index in [-0.39, 0.29) is 11.8 Å². The quantitative estimate of drug-likeness (QED) is 0.559. The van der Waals surface area contributed by atoms with Gasteiger partial charge in [-0.3, -0.25) is 5.32 Å². The standard InChI is InChI=1S/C27H45NO2/c1-16-7-12-27(28-15-16)17(2)24-23(30-27)14-22-20-6-5-18-13-19(29)8-10-25(18,3)21(20)9-11-26(22,24)4/h16-24,28-29H,5-15H2,1-4H3/t16?,17-,18-,19-,20+,21-,22-,23-,24-,25-,26-,27?/m0/s1. The molecule has 30 heavy (non-hydrogen) atoms. The molecule has 0 aromatic heterocycles. The number of hydrogen-bond acceptors (Lipinski definition) is 3. The minimum Gasteiger partial charge on any atom is -0.393 e. The Balaban J connectivity index is 1.26. The molecule has 0 amide bonds. The van der Waals surface area contributed by atoms with Crippen LogP contribution >= 0.6 is 0 Å². The molecule has 170 valence electrons. The Hall–Kier alpha value is -0.120. The maximum atomic E-state index is 10.3. The van der Waals surface area contributed by atoms with Gasteiger partial charge in [0.1, 0.15) is 5.72 Å². The third-order valence-electron chi connectivity index (χ3n) is 12.1. The van der Waals surface area contributed by atoms with Crippen LogP contribution in [0.3, 0.4) is 0 Å². The van der Waals surface area contributed by atoms with Gasteiger partial charge in [-0.2, -0.15) is 0 Å². The van der Waals surface area contributed by atoms with Gasteiger partial charge in [-0.15, -0.1) is 0 Å². The number of aliphatic hydroxyl groups is 1. The van der Waals surface area contributed by atoms with Gasteiger partial charge in [-0.05, 0) is 111 Å². The van der Waals surface area contributed by atoms with Crippen LogP contribution in [0.2, 0.25) is 0 Å². The monoisotopic (exact) mass is 415 g/mol. The fourth-order valence-corrected chi connectivity index (χ4v) is 10.4. The van der Waals surface area contributed by atoms with Crippen molar-refractivity contribution in [3.63, 3.8) is 0 Å². The van der Waals surface area contributed by atoms with Crippen molar-refractivity contribution in [2.45, 2.75) is 110 Å². The average Bonchev–Trinajstić information content (AvgIpc) is 3.16. The molecule has 6 rings (SSSR count). The lowest BCUT2D eigenvalue weighted by atomic mass is 9.44. The predicted octanol–water partition coefficient (Wildman–Crippen LogP) is 5.37. The van der Waals surface area contributed by atoms with Crippen LogP contribution in [0.1, 0.15) is 91.9 Å². The summed E-state index contributed by atoms with van der Waals surface area (Å²) in [5, 5.41) is 14.2. The maximum absolute atomic E-state index is 10.3. The van der Waals surface area contributed by atoms with Crippen molar-refractivity contribution in [2.24, 2.45) is 52.3 Å². The molecule has 2 N–H and O–H groups in total. The molecule has 12 atom stereocenters. The molecule has 4 aliphatic carbocycles. The minimum absolute atomic E-state index is 0.0319. The van der Waals surface area contributed by atoms with Crippen molar-refractivity contribution < 1.29 is 9.84 Å². The zero-order valence-electron chi connectivity index (χ0n) is 19.8. The first-order valence-electron chi connectivity index (χ1n) is 13.4. The van der Waals surface area contributed by atoms with Crippen LogP contribution < -0.4 is 5.32 Å². The number of rotatable bonds is 0. The second kappa shape index (κ2) is 6.70. The molecule has 0 aromatic carbocycles. The van der Waals surface area contributed by atoms with E-state index in [4.69, 9.17) is 4.74 Å². The minimum atomic E-state index is -0.0320. The summed E-state index contributed by atoms with van der Waals surface area (Å²) in [6.45, 7) is 11.3. The van der Waals surface area contributed by atoms with E-state index in [0.29, 0.717) is 22.9 Å². The third-order valence-corrected chi connectivity index (χ3v) is 12.1. The highest BCUT2D eigenvalue weighted by atomic mass is 16.5. The van der Waals surface area contributed by atoms with Crippen molar-refractivity contribution in [3.8, 4) is 0 Å². The summed E-state index contributed by atoms with van der Waals surface area (Å²) in [7, 11) is 0. The third kappa shape index (κ3) is 2.61. The molecule has 2 saturated heterocycles. The van der Waals surface area contributed by atoms with E-state index >= 15 is 0 Å². The second-order valence-electron chi connectivity index (χ2n) is 13.3. The molecule has 2 heterocycles. The fraction of sp³-hybridized carbons (Fsp3) is 1.00. The first kappa shape index (κ1) is 20.5. The fourth-order valence-electron chi connectivity index (χ4n) is 10.4. The molecule has 2 aliphatic heterocycles. The number of ether oxygens (including phenoxy) is 1. The van der Waals surface area contributed by atoms with Gasteiger partial charge in [0.05, 0.1) is 12.2 Å². The molecule has 4 saturated carbocycles. The number of fused-ring (bicyclic) bond motifs is 7. The zero-order valence-corrected chi connectivity index (χ0v) is 19.8. The summed E-state index contributed by atoms with van der Waals surface area (Å²) >= 11 is 0. The number of nitrogens with one attached hydrogen (secondary N) is 1. The first-order valence-corrected chi connectivity index (χ1v) is 13.4. The van der Waals surface area contributed by atoms with Crippen LogP contribution in [0.5, 0.6) is 0 Å². The smallest absolute Gasteiger partial charge is 0.122 e. The molecule has 0 aromatic rings. The van der Waals surface area contributed by atoms with Crippen molar-refractivity contribution >= 4 is 0 Å². The molecule has 1 spiro atoms. The molecule has 3 heteroatoms. The van der Waals surface area contributed by atoms with E-state index in [2.05, 4.69) is 33.0 Å². The molecule has 6 fully saturated rings. The summed E-state index contributed by atoms with van der Waals surface area (Å²) in [5.41, 5.74) is 0.919. The Morgan fingerprint density at radius 1 is 0.867 bits per heavy atom. The summed E-state index contributed by atoms with van der Waals surface area (Å²) in [6.07, 6.45) is 13.2. The maximum Gasteiger partial charge on any atom is 0.122 e. The summed E-state index contributed by atoms with van der Waals surface area (Å²) in [5.74, 6) is 5.57. The van der Waals surface area contributed by atoms with E-state index in [0.717, 1.165) is 54.9 Å². The Bertz CT molecular complexity index is 686. The zero-order chi connectivity index (χ0) is 20.9. The van der Waals surface area contributed by atoms with Crippen molar-refractivity contribution in [2.75, 3.05) is 6.54 Å². The van der Waals surface area contributed by atoms with Crippen molar-refractivity contribution in [3.05, 3.63) is 0 Å². The Labute approximate surface area is 184 Å². The summed E-state index contributed by atoms with van der Waals surface area (Å²) in [4.78, 5) is 0. The normalized spacial score (nSPS) is 62.5. The van der Waals surface area contributed by atoms with Gasteiger partial charge in [0.25, 0.3) is 0 Å². The van der Waals surface area contributed by atoms with Gasteiger partial charge in [0, 0.05) is 12.5 Å². The van der Waals surface area contributed by atoms with Gasteiger partial charge in [0.2, 0.25) is 0 Å². The van der Waals surface area contributed by atoms with E-state index in [1.54, 1.807) is 0 Å². The Kier molecular flexibility index (Phi) is 4.58. The van der Waals surface area contributed by atoms with Crippen LogP contribution in [0.15, 0.2) is 0 Å². The molecule has 6 aliphatic rings. The number of hydrogen-bond donors (Lipinski definition) is 2. The summed E-state index contributed by atoms with van der Waals surface area (Å²) < 4.78 is 7.01. The lowest BCUT2D eigenvalue weighted by Gasteiger charge is -2.61. The van der Waals surface area contributed by atoms with E-state index < -0.39 is 0 Å². The van der Waals surface area contributed by atoms with Gasteiger partial charge in [0.15, 0.2) is 0 Å². The molecule has 3 nitrogen and oxygen atoms in total. The van der Waals surface area contributed by atoms with Crippen LogP contribution in [0, 0.1) is 52.3 Å². The van der Waals surface area contributed by atoms with Crippen LogP contribution in [0.25, 0.3) is 0 Å². The molecule has 0 bridgehead atoms. The highest BCUT2D eigenvalue weighted by Gasteiger charge is 2.68. The van der Waals surface area contributed by atoms with Gasteiger partial charge in [-0.1, -0.05) is 27.7 Å². The largest absolute Gasteiger partial charge is 0.393 e. The molecular weight excluding hydrogens is 370 g/mol. The Morgan fingerprint density at radius 3 is 2.43 bits per heavy atom. The lowest BCUT2D eigenvalue weighted by molar-refractivity contribution is -0.140. The Morgan fingerprint density at radius 2 is 1.67 bits per heavy atom. The van der Waals surface area contributed by atoms with Crippen LogP contribution in [0.4, 0.5) is 0 Å². The topological polar surface area (TPSA) is 41.5 Å². The van der Waals surface area contributed by atoms with E-state index in [1.165, 1.54) is 51.4 Å². The van der Waals surface area contributed by atoms with Crippen molar-refractivity contribution in [1.82, 2.24) is 5.32 Å². The molecule has 2 unspecified atom stereocenters. The van der Waals surface area contributed by atoms with E-state index in [9.17, 15) is 5.11 Å². The molecule has 0 radical (unpaired) electrons. The van der Waals surface area contributed by atoms with Gasteiger partial charge < -0.3 is 9.84 Å². The van der Waals surface area contributed by atoms with Gasteiger partial charge in [-0.25, -0.2) is 0 Å². The highest BCUT2D eigenvalue weighted by molar-refractivity contribution is 5.16. The summed E-state index contributed by atoms with van der Waals surface area (Å²) in [6, 6.07) is 0. The highest BCUT2D eigenvalue weighted by Crippen LogP contribution is 2.71. The SMILES string of the molecule is CC1CCC2(NC1)O[C@H]1C[C@H]3[C@@H]4CC[C@H]5C[C@@H](O)CC[C@]5(C)[C@H]4CC[C@]3(C)[C@H]1[C@@H]2C. The second-order valence-corrected chi connectivity index (χ2v) is 13.3. The van der Waals surface area contributed by atoms with E-state index in [1.807, 2.05) is 0 Å². The van der Waals surface area contributed by atoms with Crippen LogP contribution in [-0.2, 0) is 4.74 Å². The number of aliphatic hydroxyl groups excluding tert-OH is 1. The number of piperidine rings is 1. The first-order chi connectivity index (χ1) is 14.3. The van der Waals surface area contributed by atoms with Gasteiger partial charge >= 0.3 is 0 Å². The van der Waals surface area contributed by atoms with Crippen molar-refractivity contribution in [1.29, 1.82) is 0 Å². The van der Waals surface area contributed by atoms with Crippen LogP contribution in [-0.4, -0.2) is 29.6 Å². The predicted molar refractivity (Wildman–Crippen MR) is 120 cm³/mol. The molecular formula is C27H45NO2.